The highest BCUT2D eigenvalue weighted by molar-refractivity contribution is 7.85. The second kappa shape index (κ2) is 23.3. The van der Waals surface area contributed by atoms with E-state index in [1.165, 1.54) is 57.4 Å². The number of aryl methyl sites for hydroxylation is 1. The van der Waals surface area contributed by atoms with Crippen LogP contribution >= 0.6 is 0 Å². The molecule has 4 N–H and O–H groups in total. The molecule has 0 saturated heterocycles. The zero-order chi connectivity index (χ0) is 26.2. The Morgan fingerprint density at radius 3 is 1.57 bits per heavy atom. The van der Waals surface area contributed by atoms with Crippen LogP contribution in [-0.4, -0.2) is 73.3 Å². The maximum Gasteiger partial charge on any atom is 0.294 e. The molecule has 0 bridgehead atoms. The number of aliphatic hydroxyl groups excluding tert-OH is 3. The number of benzene rings is 1. The predicted molar refractivity (Wildman–Crippen MR) is 133 cm³/mol. The van der Waals surface area contributed by atoms with E-state index in [0.717, 1.165) is 18.4 Å². The van der Waals surface area contributed by atoms with Crippen molar-refractivity contribution in [3.05, 3.63) is 29.8 Å². The summed E-state index contributed by atoms with van der Waals surface area (Å²) in [5.74, 6) is 0. The van der Waals surface area contributed by atoms with E-state index < -0.39 is 10.1 Å². The van der Waals surface area contributed by atoms with Gasteiger partial charge >= 0.3 is 0 Å². The Bertz CT molecular complexity index is 685. The third kappa shape index (κ3) is 19.7. The van der Waals surface area contributed by atoms with Crippen LogP contribution in [0.25, 0.3) is 0 Å². The molecule has 0 atom stereocenters. The molecule has 0 aromatic heterocycles. The summed E-state index contributed by atoms with van der Waals surface area (Å²) in [5, 5.41) is 25.9. The molecule has 35 heavy (non-hydrogen) atoms. The van der Waals surface area contributed by atoms with Crippen LogP contribution in [0, 0.1) is 0 Å². The molecule has 0 unspecified atom stereocenters. The first-order chi connectivity index (χ1) is 16.9. The van der Waals surface area contributed by atoms with E-state index in [0.29, 0.717) is 11.8 Å². The fourth-order valence-corrected chi connectivity index (χ4v) is 3.97. The Balaban J connectivity index is 0.000000761. The second-order valence-corrected chi connectivity index (χ2v) is 9.30. The molecule has 0 heterocycles. The van der Waals surface area contributed by atoms with Crippen LogP contribution in [0.3, 0.4) is 0 Å². The molecule has 0 amide bonds. The quantitative estimate of drug-likeness (QED) is 0.107. The van der Waals surface area contributed by atoms with E-state index in [4.69, 9.17) is 29.8 Å². The largest absolute Gasteiger partial charge is 0.394 e. The van der Waals surface area contributed by atoms with Gasteiger partial charge in [0.25, 0.3) is 10.1 Å². The number of aliphatic hydroxyl groups is 3. The number of hydrogen-bond acceptors (Lipinski definition) is 9. The molecule has 0 saturated carbocycles. The molecular formula is C24H45NO9S. The molecule has 1 aromatic carbocycles. The Labute approximate surface area is 210 Å². The van der Waals surface area contributed by atoms with Crippen LogP contribution in [0.2, 0.25) is 0 Å². The molecule has 206 valence electrons. The molecule has 0 fully saturated rings. The van der Waals surface area contributed by atoms with Crippen LogP contribution in [0.4, 0.5) is 0 Å². The monoisotopic (exact) mass is 523 g/mol. The lowest BCUT2D eigenvalue weighted by atomic mass is 10.0. The van der Waals surface area contributed by atoms with Crippen molar-refractivity contribution in [2.75, 3.05) is 39.6 Å². The summed E-state index contributed by atoms with van der Waals surface area (Å²) in [7, 11) is -4.10. The van der Waals surface area contributed by atoms with E-state index in [1.54, 1.807) is 12.1 Å². The zero-order valence-corrected chi connectivity index (χ0v) is 21.8. The highest BCUT2D eigenvalue weighted by Gasteiger charge is 2.13. The molecule has 1 aromatic rings. The van der Waals surface area contributed by atoms with Gasteiger partial charge in [-0.15, -0.1) is 0 Å². The average Bonchev–Trinajstić information content (AvgIpc) is 2.85. The third-order valence-electron chi connectivity index (χ3n) is 4.91. The summed E-state index contributed by atoms with van der Waals surface area (Å²) >= 11 is 0. The summed E-state index contributed by atoms with van der Waals surface area (Å²) in [4.78, 5) is 14.2. The average molecular weight is 524 g/mol. The summed E-state index contributed by atoms with van der Waals surface area (Å²) in [6, 6.07) is 6.73. The van der Waals surface area contributed by atoms with E-state index in [-0.39, 0.29) is 44.5 Å². The van der Waals surface area contributed by atoms with Crippen molar-refractivity contribution in [1.29, 1.82) is 0 Å². The maximum atomic E-state index is 11.3. The van der Waals surface area contributed by atoms with Gasteiger partial charge in [-0.1, -0.05) is 82.9 Å². The highest BCUT2D eigenvalue weighted by Crippen LogP contribution is 2.18. The van der Waals surface area contributed by atoms with Gasteiger partial charge < -0.3 is 15.3 Å². The fraction of sp³-hybridized carbons (Fsp3) is 0.750. The smallest absolute Gasteiger partial charge is 0.294 e. The van der Waals surface area contributed by atoms with Crippen LogP contribution in [0.5, 0.6) is 0 Å². The minimum absolute atomic E-state index is 0.0108. The van der Waals surface area contributed by atoms with Crippen molar-refractivity contribution in [2.24, 2.45) is 0 Å². The predicted octanol–water partition coefficient (Wildman–Crippen LogP) is 3.46. The Kier molecular flexibility index (Phi) is 22.5. The van der Waals surface area contributed by atoms with Gasteiger partial charge in [0.1, 0.15) is 0 Å². The number of rotatable bonds is 21. The third-order valence-corrected chi connectivity index (χ3v) is 5.87. The normalized spacial score (nSPS) is 11.5. The van der Waals surface area contributed by atoms with E-state index >= 15 is 0 Å². The van der Waals surface area contributed by atoms with Crippen LogP contribution in [0.1, 0.15) is 76.7 Å². The van der Waals surface area contributed by atoms with Crippen molar-refractivity contribution in [2.45, 2.75) is 82.4 Å². The van der Waals surface area contributed by atoms with Gasteiger partial charge in [-0.05, 0) is 24.5 Å². The van der Waals surface area contributed by atoms with Crippen LogP contribution in [0.15, 0.2) is 29.2 Å². The molecule has 11 heteroatoms. The molecule has 0 spiro atoms. The van der Waals surface area contributed by atoms with E-state index in [1.807, 2.05) is 6.07 Å². The standard InChI is InChI=1S/C18H30O3S.C6H15NO6/c1-2-3-4-5-6-7-8-9-10-11-14-17-15-12-13-16-18(17)22(19,20)21;8-1-4-11-7(12-5-2-9)13-6-3-10/h12-13,15-16H,2-11,14H2,1H3,(H,19,20,21);8-10H,1-6H2. The molecule has 10 nitrogen and oxygen atoms in total. The molecule has 0 radical (unpaired) electrons. The lowest BCUT2D eigenvalue weighted by molar-refractivity contribution is -0.527. The number of unbranched alkanes of at least 4 members (excludes halogenated alkanes) is 9. The van der Waals surface area contributed by atoms with Crippen molar-refractivity contribution < 1.29 is 42.8 Å². The van der Waals surface area contributed by atoms with Gasteiger partial charge in [-0.3, -0.25) is 4.55 Å². The first-order valence-electron chi connectivity index (χ1n) is 12.5. The number of nitrogens with zero attached hydrogens (tertiary/aromatic N) is 1. The molecule has 1 rings (SSSR count). The summed E-state index contributed by atoms with van der Waals surface area (Å²) in [6.45, 7) is 1.73. The number of hydrogen-bond donors (Lipinski definition) is 4. The van der Waals surface area contributed by atoms with Gasteiger partial charge in [0.15, 0.2) is 0 Å². The van der Waals surface area contributed by atoms with Crippen molar-refractivity contribution >= 4 is 10.1 Å². The maximum absolute atomic E-state index is 11.3. The van der Waals surface area contributed by atoms with Crippen molar-refractivity contribution in [3.63, 3.8) is 0 Å². The topological polar surface area (TPSA) is 146 Å². The molecular weight excluding hydrogens is 478 g/mol. The van der Waals surface area contributed by atoms with Crippen molar-refractivity contribution in [1.82, 2.24) is 5.39 Å². The second-order valence-electron chi connectivity index (χ2n) is 7.91. The first kappa shape index (κ1) is 33.8. The van der Waals surface area contributed by atoms with E-state index in [9.17, 15) is 13.0 Å². The zero-order valence-electron chi connectivity index (χ0n) is 21.0. The summed E-state index contributed by atoms with van der Waals surface area (Å²) in [5.41, 5.74) is 0.726. The van der Waals surface area contributed by atoms with Gasteiger partial charge in [-0.2, -0.15) is 8.42 Å². The SMILES string of the molecule is CCCCCCCCCCCCc1ccccc1S(=O)(=O)O.OCCON(OCCO)OCCO. The molecule has 0 aliphatic rings. The van der Waals surface area contributed by atoms with Crippen LogP contribution < -0.4 is 0 Å². The summed E-state index contributed by atoms with van der Waals surface area (Å²) < 4.78 is 31.8. The van der Waals surface area contributed by atoms with Gasteiger partial charge in [-0.25, -0.2) is 14.5 Å². The minimum Gasteiger partial charge on any atom is -0.394 e. The van der Waals surface area contributed by atoms with Gasteiger partial charge in [0.05, 0.1) is 49.9 Å². The Hall–Kier alpha value is -1.15. The minimum atomic E-state index is -4.10. The highest BCUT2D eigenvalue weighted by atomic mass is 32.2. The van der Waals surface area contributed by atoms with Crippen LogP contribution in [-0.2, 0) is 31.1 Å². The molecule has 0 aliphatic carbocycles. The van der Waals surface area contributed by atoms with E-state index in [2.05, 4.69) is 6.92 Å². The Morgan fingerprint density at radius 2 is 1.14 bits per heavy atom. The fourth-order valence-electron chi connectivity index (χ4n) is 3.22. The first-order valence-corrected chi connectivity index (χ1v) is 13.9. The molecule has 0 aliphatic heterocycles. The van der Waals surface area contributed by atoms with Crippen molar-refractivity contribution in [3.8, 4) is 0 Å². The lowest BCUT2D eigenvalue weighted by Gasteiger charge is -2.17. The lowest BCUT2D eigenvalue weighted by Crippen LogP contribution is -2.28. The Morgan fingerprint density at radius 1 is 0.714 bits per heavy atom. The summed E-state index contributed by atoms with van der Waals surface area (Å²) in [6.07, 6.45) is 13.3. The van der Waals surface area contributed by atoms with Gasteiger partial charge in [0, 0.05) is 0 Å². The van der Waals surface area contributed by atoms with Gasteiger partial charge in [0.2, 0.25) is 0 Å².